The number of esters is 1. The third-order valence-electron chi connectivity index (χ3n) is 2.04. The van der Waals surface area contributed by atoms with Crippen molar-refractivity contribution in [3.63, 3.8) is 0 Å². The lowest BCUT2D eigenvalue weighted by Gasteiger charge is -2.12. The first-order valence-electron chi connectivity index (χ1n) is 4.94. The second-order valence-electron chi connectivity index (χ2n) is 3.40. The van der Waals surface area contributed by atoms with Crippen molar-refractivity contribution in [3.05, 3.63) is 23.1 Å². The Morgan fingerprint density at radius 1 is 1.40 bits per heavy atom. The zero-order chi connectivity index (χ0) is 15.5. The topological polar surface area (TPSA) is 48.4 Å². The molecule has 0 N–H and O–H groups in total. The van der Waals surface area contributed by atoms with Crippen LogP contribution in [0.15, 0.2) is 6.07 Å². The highest BCUT2D eigenvalue weighted by molar-refractivity contribution is 5.72. The average Bonchev–Trinajstić information content (AvgIpc) is 2.24. The summed E-state index contributed by atoms with van der Waals surface area (Å²) in [6.07, 6.45) is -9.45. The molecule has 0 aromatic carbocycles. The van der Waals surface area contributed by atoms with Crippen molar-refractivity contribution in [1.82, 2.24) is 4.98 Å². The van der Waals surface area contributed by atoms with Gasteiger partial charge in [0.15, 0.2) is 0 Å². The Morgan fingerprint density at radius 3 is 2.45 bits per heavy atom. The quantitative estimate of drug-likeness (QED) is 0.634. The highest BCUT2D eigenvalue weighted by Gasteiger charge is 2.33. The third-order valence-corrected chi connectivity index (χ3v) is 2.04. The summed E-state index contributed by atoms with van der Waals surface area (Å²) in [5.41, 5.74) is -2.16. The molecule has 20 heavy (non-hydrogen) atoms. The first-order valence-corrected chi connectivity index (χ1v) is 4.94. The molecule has 1 aromatic heterocycles. The first-order chi connectivity index (χ1) is 9.14. The van der Waals surface area contributed by atoms with Crippen molar-refractivity contribution < 1.29 is 40.6 Å². The van der Waals surface area contributed by atoms with Crippen LogP contribution in [0.1, 0.15) is 17.7 Å². The molecule has 0 aliphatic rings. The number of methoxy groups -OCH3 is 1. The van der Waals surface area contributed by atoms with Crippen molar-refractivity contribution >= 4 is 5.97 Å². The van der Waals surface area contributed by atoms with Crippen molar-refractivity contribution in [3.8, 4) is 5.88 Å². The van der Waals surface area contributed by atoms with Gasteiger partial charge in [0.2, 0.25) is 5.88 Å². The van der Waals surface area contributed by atoms with Gasteiger partial charge in [-0.05, 0) is 0 Å². The number of carbonyl (C=O) groups is 1. The van der Waals surface area contributed by atoms with Crippen LogP contribution in [0.5, 0.6) is 5.88 Å². The number of rotatable bonds is 4. The molecule has 0 saturated carbocycles. The van der Waals surface area contributed by atoms with Gasteiger partial charge >= 0.3 is 12.3 Å². The Labute approximate surface area is 108 Å². The molecule has 0 radical (unpaired) electrons. The van der Waals surface area contributed by atoms with E-state index in [2.05, 4.69) is 14.5 Å². The van der Waals surface area contributed by atoms with Gasteiger partial charge in [-0.15, -0.1) is 13.2 Å². The van der Waals surface area contributed by atoms with Crippen LogP contribution in [0, 0.1) is 5.82 Å². The van der Waals surface area contributed by atoms with Crippen LogP contribution in [-0.2, 0) is 16.0 Å². The van der Waals surface area contributed by atoms with Crippen LogP contribution in [0.25, 0.3) is 0 Å². The molecule has 0 fully saturated rings. The molecular formula is C10H7F6NO3. The van der Waals surface area contributed by atoms with Gasteiger partial charge in [-0.1, -0.05) is 0 Å². The zero-order valence-corrected chi connectivity index (χ0v) is 9.80. The summed E-state index contributed by atoms with van der Waals surface area (Å²) in [4.78, 5) is 14.0. The summed E-state index contributed by atoms with van der Waals surface area (Å²) in [6, 6.07) is 0.0652. The molecule has 0 amide bonds. The second-order valence-corrected chi connectivity index (χ2v) is 3.40. The van der Waals surface area contributed by atoms with Gasteiger partial charge in [0, 0.05) is 6.07 Å². The van der Waals surface area contributed by atoms with E-state index in [1.807, 2.05) is 0 Å². The largest absolute Gasteiger partial charge is 0.574 e. The number of nitrogens with zero attached hydrogens (tertiary/aromatic N) is 1. The molecule has 1 heterocycles. The lowest BCUT2D eigenvalue weighted by molar-refractivity contribution is -0.276. The molecule has 112 valence electrons. The van der Waals surface area contributed by atoms with E-state index in [1.165, 1.54) is 0 Å². The SMILES string of the molecule is COC(=O)Cc1nc(OC(F)(F)F)cc(F)c1C(F)F. The number of pyridine rings is 1. The van der Waals surface area contributed by atoms with Gasteiger partial charge in [0.25, 0.3) is 6.43 Å². The molecule has 0 aliphatic carbocycles. The van der Waals surface area contributed by atoms with Gasteiger partial charge in [0.05, 0.1) is 24.8 Å². The Kier molecular flexibility index (Phi) is 4.79. The third kappa shape index (κ3) is 4.28. The van der Waals surface area contributed by atoms with Crippen molar-refractivity contribution in [2.75, 3.05) is 7.11 Å². The summed E-state index contributed by atoms with van der Waals surface area (Å²) in [5, 5.41) is 0. The molecule has 0 bridgehead atoms. The van der Waals surface area contributed by atoms with E-state index in [0.717, 1.165) is 7.11 Å². The molecule has 10 heteroatoms. The van der Waals surface area contributed by atoms with Crippen LogP contribution < -0.4 is 4.74 Å². The fourth-order valence-corrected chi connectivity index (χ4v) is 1.29. The molecule has 0 saturated heterocycles. The van der Waals surface area contributed by atoms with Gasteiger partial charge < -0.3 is 9.47 Å². The van der Waals surface area contributed by atoms with E-state index >= 15 is 0 Å². The van der Waals surface area contributed by atoms with Crippen LogP contribution in [0.3, 0.4) is 0 Å². The average molecular weight is 303 g/mol. The number of hydrogen-bond donors (Lipinski definition) is 0. The van der Waals surface area contributed by atoms with Crippen LogP contribution in [0.2, 0.25) is 0 Å². The minimum Gasteiger partial charge on any atom is -0.469 e. The Hall–Kier alpha value is -2.00. The second kappa shape index (κ2) is 5.97. The first kappa shape index (κ1) is 16.1. The molecule has 0 spiro atoms. The van der Waals surface area contributed by atoms with Gasteiger partial charge in [0.1, 0.15) is 5.82 Å². The van der Waals surface area contributed by atoms with Gasteiger partial charge in [-0.25, -0.2) is 18.2 Å². The van der Waals surface area contributed by atoms with E-state index < -0.39 is 48.1 Å². The summed E-state index contributed by atoms with van der Waals surface area (Å²) in [5.74, 6) is -4.01. The summed E-state index contributed by atoms with van der Waals surface area (Å²) in [6.45, 7) is 0. The summed E-state index contributed by atoms with van der Waals surface area (Å²) in [7, 11) is 0.927. The number of aromatic nitrogens is 1. The van der Waals surface area contributed by atoms with Gasteiger partial charge in [-0.3, -0.25) is 4.79 Å². The zero-order valence-electron chi connectivity index (χ0n) is 9.80. The van der Waals surface area contributed by atoms with Crippen LogP contribution in [0.4, 0.5) is 26.3 Å². The molecular weight excluding hydrogens is 296 g/mol. The highest BCUT2D eigenvalue weighted by atomic mass is 19.4. The van der Waals surface area contributed by atoms with E-state index in [9.17, 15) is 31.1 Å². The molecule has 1 aromatic rings. The molecule has 0 atom stereocenters. The van der Waals surface area contributed by atoms with Crippen LogP contribution >= 0.6 is 0 Å². The van der Waals surface area contributed by atoms with E-state index in [1.54, 1.807) is 0 Å². The predicted octanol–water partition coefficient (Wildman–Crippen LogP) is 2.77. The highest BCUT2D eigenvalue weighted by Crippen LogP contribution is 2.30. The van der Waals surface area contributed by atoms with Crippen molar-refractivity contribution in [1.29, 1.82) is 0 Å². The Balaban J connectivity index is 3.24. The minimum absolute atomic E-state index is 0.0652. The number of ether oxygens (including phenoxy) is 2. The van der Waals surface area contributed by atoms with Crippen molar-refractivity contribution in [2.45, 2.75) is 19.2 Å². The Morgan fingerprint density at radius 2 is 2.00 bits per heavy atom. The summed E-state index contributed by atoms with van der Waals surface area (Å²) >= 11 is 0. The molecule has 4 nitrogen and oxygen atoms in total. The Bertz CT molecular complexity index is 503. The molecule has 0 aliphatic heterocycles. The normalized spacial score (nSPS) is 11.6. The number of halogens is 6. The fraction of sp³-hybridized carbons (Fsp3) is 0.400. The van der Waals surface area contributed by atoms with Crippen molar-refractivity contribution in [2.24, 2.45) is 0 Å². The number of hydrogen-bond acceptors (Lipinski definition) is 4. The van der Waals surface area contributed by atoms with Gasteiger partial charge in [-0.2, -0.15) is 0 Å². The maximum Gasteiger partial charge on any atom is 0.574 e. The van der Waals surface area contributed by atoms with E-state index in [4.69, 9.17) is 0 Å². The van der Waals surface area contributed by atoms with E-state index in [0.29, 0.717) is 0 Å². The lowest BCUT2D eigenvalue weighted by Crippen LogP contribution is -2.19. The monoisotopic (exact) mass is 303 g/mol. The summed E-state index contributed by atoms with van der Waals surface area (Å²) < 4.78 is 82.0. The van der Waals surface area contributed by atoms with Crippen LogP contribution in [-0.4, -0.2) is 24.4 Å². The molecule has 1 rings (SSSR count). The number of carbonyl (C=O) groups excluding carboxylic acids is 1. The standard InChI is InChI=1S/C10H7F6NO3/c1-19-7(18)3-5-8(9(12)13)4(11)2-6(17-5)20-10(14,15)16/h2,9H,3H2,1H3. The predicted molar refractivity (Wildman–Crippen MR) is 51.6 cm³/mol. The minimum atomic E-state index is -5.17. The molecule has 0 unspecified atom stereocenters. The number of alkyl halides is 5. The maximum atomic E-state index is 13.4. The maximum absolute atomic E-state index is 13.4. The lowest BCUT2D eigenvalue weighted by atomic mass is 10.1. The van der Waals surface area contributed by atoms with E-state index in [-0.39, 0.29) is 6.07 Å². The fourth-order valence-electron chi connectivity index (χ4n) is 1.29. The smallest absolute Gasteiger partial charge is 0.469 e.